The van der Waals surface area contributed by atoms with Gasteiger partial charge >= 0.3 is 0 Å². The van der Waals surface area contributed by atoms with Crippen LogP contribution in [0.5, 0.6) is 0 Å². The van der Waals surface area contributed by atoms with E-state index in [0.717, 1.165) is 25.8 Å². The molecule has 3 nitrogen and oxygen atoms in total. The van der Waals surface area contributed by atoms with Gasteiger partial charge in [-0.15, -0.1) is 0 Å². The molecular weight excluding hydrogens is 226 g/mol. The number of hydrogen-bond donors (Lipinski definition) is 1. The molecule has 0 radical (unpaired) electrons. The van der Waals surface area contributed by atoms with Crippen molar-refractivity contribution in [3.05, 3.63) is 0 Å². The van der Waals surface area contributed by atoms with Gasteiger partial charge in [0.2, 0.25) is 0 Å². The largest absolute Gasteiger partial charge is 0.359 e. The molecular formula is C15H33NO2. The maximum absolute atomic E-state index is 5.66. The lowest BCUT2D eigenvalue weighted by Gasteiger charge is -2.16. The second-order valence-corrected chi connectivity index (χ2v) is 5.04. The summed E-state index contributed by atoms with van der Waals surface area (Å²) in [6, 6.07) is 0. The molecule has 0 saturated carbocycles. The summed E-state index contributed by atoms with van der Waals surface area (Å²) in [7, 11) is 1.67. The molecule has 0 bridgehead atoms. The van der Waals surface area contributed by atoms with Gasteiger partial charge in [-0.3, -0.25) is 0 Å². The minimum absolute atomic E-state index is 0.337. The van der Waals surface area contributed by atoms with Crippen molar-refractivity contribution in [2.45, 2.75) is 77.2 Å². The Bertz CT molecular complexity index is 145. The molecule has 0 spiro atoms. The van der Waals surface area contributed by atoms with Crippen LogP contribution in [-0.2, 0) is 9.47 Å². The highest BCUT2D eigenvalue weighted by Crippen LogP contribution is 2.14. The Balaban J connectivity index is 3.43. The molecule has 1 unspecified atom stereocenters. The fraction of sp³-hybridized carbons (Fsp3) is 1.00. The van der Waals surface area contributed by atoms with Gasteiger partial charge in [-0.05, 0) is 25.8 Å². The average Bonchev–Trinajstić information content (AvgIpc) is 2.40. The minimum atomic E-state index is 0.337. The van der Waals surface area contributed by atoms with Crippen LogP contribution in [0.25, 0.3) is 0 Å². The van der Waals surface area contributed by atoms with Crippen LogP contribution in [0.1, 0.15) is 71.1 Å². The molecule has 18 heavy (non-hydrogen) atoms. The zero-order valence-corrected chi connectivity index (χ0v) is 12.5. The predicted molar refractivity (Wildman–Crippen MR) is 77.6 cm³/mol. The zero-order chi connectivity index (χ0) is 13.5. The molecule has 2 N–H and O–H groups in total. The molecule has 0 aromatic rings. The molecule has 0 aliphatic rings. The van der Waals surface area contributed by atoms with Crippen molar-refractivity contribution in [1.29, 1.82) is 0 Å². The van der Waals surface area contributed by atoms with Crippen molar-refractivity contribution in [2.24, 2.45) is 5.73 Å². The maximum atomic E-state index is 5.66. The van der Waals surface area contributed by atoms with Crippen molar-refractivity contribution < 1.29 is 9.47 Å². The first-order chi connectivity index (χ1) is 8.85. The van der Waals surface area contributed by atoms with E-state index in [0.29, 0.717) is 12.9 Å². The number of hydrogen-bond acceptors (Lipinski definition) is 3. The normalized spacial score (nSPS) is 12.8. The van der Waals surface area contributed by atoms with Gasteiger partial charge in [0.25, 0.3) is 0 Å². The van der Waals surface area contributed by atoms with E-state index in [2.05, 4.69) is 6.92 Å². The van der Waals surface area contributed by atoms with E-state index in [1.807, 2.05) is 0 Å². The summed E-state index contributed by atoms with van der Waals surface area (Å²) < 4.78 is 10.6. The Morgan fingerprint density at radius 3 is 2.11 bits per heavy atom. The van der Waals surface area contributed by atoms with E-state index in [-0.39, 0.29) is 0 Å². The first kappa shape index (κ1) is 17.9. The summed E-state index contributed by atoms with van der Waals surface area (Å²) in [5.74, 6) is 0. The third kappa shape index (κ3) is 12.3. The summed E-state index contributed by atoms with van der Waals surface area (Å²) in [6.45, 7) is 3.42. The maximum Gasteiger partial charge on any atom is 0.146 e. The lowest BCUT2D eigenvalue weighted by atomic mass is 10.0. The summed E-state index contributed by atoms with van der Waals surface area (Å²) in [4.78, 5) is 0. The summed E-state index contributed by atoms with van der Waals surface area (Å²) in [6.07, 6.45) is 13.1. The van der Waals surface area contributed by atoms with Crippen LogP contribution in [0, 0.1) is 0 Å². The van der Waals surface area contributed by atoms with Gasteiger partial charge < -0.3 is 15.2 Å². The molecule has 110 valence electrons. The predicted octanol–water partition coefficient (Wildman–Crippen LogP) is 3.86. The van der Waals surface area contributed by atoms with Gasteiger partial charge in [-0.25, -0.2) is 0 Å². The molecule has 0 fully saturated rings. The minimum Gasteiger partial charge on any atom is -0.359 e. The van der Waals surface area contributed by atoms with E-state index >= 15 is 0 Å². The molecule has 0 aromatic carbocycles. The van der Waals surface area contributed by atoms with Crippen molar-refractivity contribution in [3.63, 3.8) is 0 Å². The molecule has 0 saturated heterocycles. The van der Waals surface area contributed by atoms with Gasteiger partial charge in [-0.2, -0.15) is 0 Å². The third-order valence-electron chi connectivity index (χ3n) is 3.28. The van der Waals surface area contributed by atoms with Crippen LogP contribution in [0.3, 0.4) is 0 Å². The van der Waals surface area contributed by atoms with Gasteiger partial charge in [0.1, 0.15) is 6.79 Å². The first-order valence-corrected chi connectivity index (χ1v) is 7.65. The van der Waals surface area contributed by atoms with Crippen LogP contribution < -0.4 is 5.73 Å². The van der Waals surface area contributed by atoms with Crippen molar-refractivity contribution in [2.75, 3.05) is 20.4 Å². The second kappa shape index (κ2) is 14.9. The molecule has 1 atom stereocenters. The van der Waals surface area contributed by atoms with E-state index in [4.69, 9.17) is 15.2 Å². The number of unbranched alkanes of at least 4 members (excludes halogenated alkanes) is 6. The Hall–Kier alpha value is -0.120. The molecule has 0 aliphatic carbocycles. The zero-order valence-electron chi connectivity index (χ0n) is 12.5. The SMILES string of the molecule is CCCCCCCCCC(CCCN)OCOC. The highest BCUT2D eigenvalue weighted by molar-refractivity contribution is 4.59. The molecule has 0 aromatic heterocycles. The van der Waals surface area contributed by atoms with Crippen LogP contribution in [0.2, 0.25) is 0 Å². The topological polar surface area (TPSA) is 44.5 Å². The molecule has 0 rings (SSSR count). The van der Waals surface area contributed by atoms with E-state index in [9.17, 15) is 0 Å². The second-order valence-electron chi connectivity index (χ2n) is 5.04. The smallest absolute Gasteiger partial charge is 0.146 e. The van der Waals surface area contributed by atoms with Crippen LogP contribution >= 0.6 is 0 Å². The summed E-state index contributed by atoms with van der Waals surface area (Å²) in [5.41, 5.74) is 5.54. The van der Waals surface area contributed by atoms with Crippen molar-refractivity contribution in [3.8, 4) is 0 Å². The molecule has 0 aliphatic heterocycles. The quantitative estimate of drug-likeness (QED) is 0.380. The van der Waals surface area contributed by atoms with Gasteiger partial charge in [0, 0.05) is 7.11 Å². The van der Waals surface area contributed by atoms with E-state index in [1.165, 1.54) is 44.9 Å². The standard InChI is InChI=1S/C15H33NO2/c1-3-4-5-6-7-8-9-11-15(12-10-13-16)18-14-17-2/h15H,3-14,16H2,1-2H3. The Morgan fingerprint density at radius 1 is 0.889 bits per heavy atom. The summed E-state index contributed by atoms with van der Waals surface area (Å²) in [5, 5.41) is 0. The first-order valence-electron chi connectivity index (χ1n) is 7.65. The van der Waals surface area contributed by atoms with E-state index in [1.54, 1.807) is 7.11 Å². The van der Waals surface area contributed by atoms with Gasteiger partial charge in [0.15, 0.2) is 0 Å². The number of ether oxygens (including phenoxy) is 2. The van der Waals surface area contributed by atoms with E-state index < -0.39 is 0 Å². The van der Waals surface area contributed by atoms with Gasteiger partial charge in [0.05, 0.1) is 6.10 Å². The fourth-order valence-electron chi connectivity index (χ4n) is 2.15. The van der Waals surface area contributed by atoms with Gasteiger partial charge in [-0.1, -0.05) is 51.9 Å². The van der Waals surface area contributed by atoms with Crippen molar-refractivity contribution >= 4 is 0 Å². The number of nitrogens with two attached hydrogens (primary N) is 1. The highest BCUT2D eigenvalue weighted by Gasteiger charge is 2.08. The third-order valence-corrected chi connectivity index (χ3v) is 3.28. The number of methoxy groups -OCH3 is 1. The molecule has 0 amide bonds. The lowest BCUT2D eigenvalue weighted by Crippen LogP contribution is -2.16. The Labute approximate surface area is 113 Å². The molecule has 0 heterocycles. The Morgan fingerprint density at radius 2 is 1.50 bits per heavy atom. The highest BCUT2D eigenvalue weighted by atomic mass is 16.7. The number of rotatable bonds is 14. The average molecular weight is 259 g/mol. The van der Waals surface area contributed by atoms with Crippen LogP contribution in [0.4, 0.5) is 0 Å². The van der Waals surface area contributed by atoms with Crippen molar-refractivity contribution in [1.82, 2.24) is 0 Å². The van der Waals surface area contributed by atoms with Crippen LogP contribution in [-0.4, -0.2) is 26.6 Å². The summed E-state index contributed by atoms with van der Waals surface area (Å²) >= 11 is 0. The monoisotopic (exact) mass is 259 g/mol. The Kier molecular flexibility index (Phi) is 14.8. The fourth-order valence-corrected chi connectivity index (χ4v) is 2.15. The van der Waals surface area contributed by atoms with Crippen LogP contribution in [0.15, 0.2) is 0 Å². The molecule has 3 heteroatoms. The lowest BCUT2D eigenvalue weighted by molar-refractivity contribution is -0.0773.